The van der Waals surface area contributed by atoms with Crippen molar-refractivity contribution < 1.29 is 14.3 Å². The minimum Gasteiger partial charge on any atom is -0.497 e. The van der Waals surface area contributed by atoms with Crippen molar-refractivity contribution in [3.63, 3.8) is 0 Å². The van der Waals surface area contributed by atoms with E-state index in [1.54, 1.807) is 61.7 Å². The molecule has 0 saturated carbocycles. The second-order valence-electron chi connectivity index (χ2n) is 6.18. The van der Waals surface area contributed by atoms with E-state index < -0.39 is 6.17 Å². The lowest BCUT2D eigenvalue weighted by atomic mass is 10.1. The average Bonchev–Trinajstić information content (AvgIpc) is 2.73. The minimum absolute atomic E-state index is 0.311. The highest BCUT2D eigenvalue weighted by molar-refractivity contribution is 9.10. The molecule has 3 aromatic rings. The summed E-state index contributed by atoms with van der Waals surface area (Å²) >= 11 is 6.73. The number of benzene rings is 3. The number of nitrogens with one attached hydrogen (secondary N) is 2. The maximum atomic E-state index is 12.8. The fourth-order valence-corrected chi connectivity index (χ4v) is 3.51. The first-order valence-electron chi connectivity index (χ1n) is 8.73. The molecule has 0 bridgehead atoms. The van der Waals surface area contributed by atoms with E-state index in [0.29, 0.717) is 22.4 Å². The first-order chi connectivity index (χ1) is 14.0. The van der Waals surface area contributed by atoms with Crippen molar-refractivity contribution in [1.82, 2.24) is 10.6 Å². The molecule has 0 unspecified atom stereocenters. The van der Waals surface area contributed by atoms with Gasteiger partial charge in [-0.05, 0) is 54.1 Å². The third kappa shape index (κ3) is 5.68. The van der Waals surface area contributed by atoms with E-state index in [1.807, 2.05) is 18.2 Å². The molecule has 0 heterocycles. The molecule has 0 aliphatic heterocycles. The lowest BCUT2D eigenvalue weighted by Crippen LogP contribution is -2.41. The Morgan fingerprint density at radius 2 is 1.31 bits per heavy atom. The highest BCUT2D eigenvalue weighted by Crippen LogP contribution is 2.20. The zero-order valence-electron chi connectivity index (χ0n) is 15.5. The summed E-state index contributed by atoms with van der Waals surface area (Å²) in [5.41, 5.74) is 1.64. The van der Waals surface area contributed by atoms with Gasteiger partial charge in [-0.3, -0.25) is 9.59 Å². The summed E-state index contributed by atoms with van der Waals surface area (Å²) in [5.74, 6) is 0.00299. The summed E-state index contributed by atoms with van der Waals surface area (Å²) < 4.78 is 6.86. The lowest BCUT2D eigenvalue weighted by Gasteiger charge is -2.21. The highest BCUT2D eigenvalue weighted by atomic mass is 79.9. The zero-order chi connectivity index (χ0) is 20.8. The van der Waals surface area contributed by atoms with Gasteiger partial charge in [0, 0.05) is 20.1 Å². The number of rotatable bonds is 6. The molecule has 2 N–H and O–H groups in total. The van der Waals surface area contributed by atoms with Crippen LogP contribution in [-0.4, -0.2) is 18.9 Å². The summed E-state index contributed by atoms with van der Waals surface area (Å²) in [6.07, 6.45) is -0.747. The summed E-state index contributed by atoms with van der Waals surface area (Å²) in [4.78, 5) is 25.6. The largest absolute Gasteiger partial charge is 0.497 e. The lowest BCUT2D eigenvalue weighted by molar-refractivity contribution is 0.0883. The van der Waals surface area contributed by atoms with Gasteiger partial charge in [0.05, 0.1) is 7.11 Å². The monoisotopic (exact) mass is 516 g/mol. The van der Waals surface area contributed by atoms with Crippen LogP contribution in [0.1, 0.15) is 32.4 Å². The first kappa shape index (κ1) is 21.1. The normalized spacial score (nSPS) is 10.5. The van der Waals surface area contributed by atoms with Crippen LogP contribution in [0.2, 0.25) is 0 Å². The molecule has 2 amide bonds. The van der Waals surface area contributed by atoms with Gasteiger partial charge in [-0.25, -0.2) is 0 Å². The predicted molar refractivity (Wildman–Crippen MR) is 119 cm³/mol. The Hall–Kier alpha value is -2.64. The number of ether oxygens (including phenoxy) is 1. The molecule has 0 atom stereocenters. The van der Waals surface area contributed by atoms with Crippen LogP contribution in [0.15, 0.2) is 81.7 Å². The number of halogens is 2. The fourth-order valence-electron chi connectivity index (χ4n) is 2.71. The molecule has 0 spiro atoms. The molecule has 5 nitrogen and oxygen atoms in total. The molecular formula is C22H18Br2N2O3. The van der Waals surface area contributed by atoms with Gasteiger partial charge in [-0.1, -0.05) is 56.1 Å². The van der Waals surface area contributed by atoms with Crippen LogP contribution in [-0.2, 0) is 0 Å². The number of methoxy groups -OCH3 is 1. The minimum atomic E-state index is -0.747. The van der Waals surface area contributed by atoms with Crippen LogP contribution in [0, 0.1) is 0 Å². The molecule has 29 heavy (non-hydrogen) atoms. The summed E-state index contributed by atoms with van der Waals surface area (Å²) in [6, 6.07) is 21.3. The number of carbonyl (C=O) groups is 2. The topological polar surface area (TPSA) is 67.4 Å². The van der Waals surface area contributed by atoms with Crippen molar-refractivity contribution in [2.75, 3.05) is 7.11 Å². The van der Waals surface area contributed by atoms with Gasteiger partial charge in [0.25, 0.3) is 11.8 Å². The van der Waals surface area contributed by atoms with E-state index in [2.05, 4.69) is 42.5 Å². The van der Waals surface area contributed by atoms with Gasteiger partial charge in [0.2, 0.25) is 0 Å². The average molecular weight is 518 g/mol. The SMILES string of the molecule is COc1cccc(C(NC(=O)c2cccc(Br)c2)NC(=O)c2cccc(Br)c2)c1. The van der Waals surface area contributed by atoms with Crippen LogP contribution < -0.4 is 15.4 Å². The Labute approximate surface area is 185 Å². The molecule has 0 radical (unpaired) electrons. The van der Waals surface area contributed by atoms with Gasteiger partial charge in [0.1, 0.15) is 11.9 Å². The maximum Gasteiger partial charge on any atom is 0.253 e. The Balaban J connectivity index is 1.88. The van der Waals surface area contributed by atoms with E-state index in [1.165, 1.54) is 0 Å². The van der Waals surface area contributed by atoms with E-state index in [-0.39, 0.29) is 11.8 Å². The van der Waals surface area contributed by atoms with Crippen molar-refractivity contribution in [2.24, 2.45) is 0 Å². The maximum absolute atomic E-state index is 12.8. The molecule has 0 saturated heterocycles. The first-order valence-corrected chi connectivity index (χ1v) is 10.3. The number of amides is 2. The van der Waals surface area contributed by atoms with Crippen LogP contribution >= 0.6 is 31.9 Å². The highest BCUT2D eigenvalue weighted by Gasteiger charge is 2.20. The Kier molecular flexibility index (Phi) is 7.06. The Morgan fingerprint density at radius 3 is 1.79 bits per heavy atom. The van der Waals surface area contributed by atoms with Gasteiger partial charge in [-0.2, -0.15) is 0 Å². The second kappa shape index (κ2) is 9.71. The van der Waals surface area contributed by atoms with Gasteiger partial charge in [-0.15, -0.1) is 0 Å². The van der Waals surface area contributed by atoms with Crippen molar-refractivity contribution in [3.8, 4) is 5.75 Å². The Bertz CT molecular complexity index is 980. The molecule has 0 aliphatic carbocycles. The van der Waals surface area contributed by atoms with Crippen molar-refractivity contribution in [3.05, 3.63) is 98.4 Å². The quantitative estimate of drug-likeness (QED) is 0.448. The molecule has 7 heteroatoms. The number of carbonyl (C=O) groups excluding carboxylic acids is 2. The third-order valence-electron chi connectivity index (χ3n) is 4.15. The van der Waals surface area contributed by atoms with Crippen LogP contribution in [0.5, 0.6) is 5.75 Å². The van der Waals surface area contributed by atoms with Gasteiger partial charge < -0.3 is 15.4 Å². The van der Waals surface area contributed by atoms with Crippen molar-refractivity contribution >= 4 is 43.7 Å². The smallest absolute Gasteiger partial charge is 0.253 e. The third-order valence-corrected chi connectivity index (χ3v) is 5.14. The van der Waals surface area contributed by atoms with Crippen LogP contribution in [0.4, 0.5) is 0 Å². The van der Waals surface area contributed by atoms with Crippen LogP contribution in [0.25, 0.3) is 0 Å². The molecule has 3 rings (SSSR count). The van der Waals surface area contributed by atoms with E-state index in [9.17, 15) is 9.59 Å². The fraction of sp³-hybridized carbons (Fsp3) is 0.0909. The molecule has 0 aliphatic rings. The predicted octanol–water partition coefficient (Wildman–Crippen LogP) is 5.08. The number of hydrogen-bond acceptors (Lipinski definition) is 3. The molecular weight excluding hydrogens is 500 g/mol. The van der Waals surface area contributed by atoms with E-state index in [0.717, 1.165) is 8.95 Å². The van der Waals surface area contributed by atoms with Crippen molar-refractivity contribution in [2.45, 2.75) is 6.17 Å². The summed E-state index contributed by atoms with van der Waals surface area (Å²) in [7, 11) is 1.56. The number of hydrogen-bond donors (Lipinski definition) is 2. The van der Waals surface area contributed by atoms with E-state index in [4.69, 9.17) is 4.74 Å². The second-order valence-corrected chi connectivity index (χ2v) is 8.01. The van der Waals surface area contributed by atoms with Crippen LogP contribution in [0.3, 0.4) is 0 Å². The molecule has 0 fully saturated rings. The van der Waals surface area contributed by atoms with E-state index >= 15 is 0 Å². The van der Waals surface area contributed by atoms with Gasteiger partial charge in [0.15, 0.2) is 0 Å². The zero-order valence-corrected chi connectivity index (χ0v) is 18.7. The molecule has 3 aromatic carbocycles. The molecule has 148 valence electrons. The Morgan fingerprint density at radius 1 is 0.793 bits per heavy atom. The van der Waals surface area contributed by atoms with Gasteiger partial charge >= 0.3 is 0 Å². The summed E-state index contributed by atoms with van der Waals surface area (Å²) in [6.45, 7) is 0. The summed E-state index contributed by atoms with van der Waals surface area (Å²) in [5, 5.41) is 5.77. The molecule has 0 aromatic heterocycles. The standard InChI is InChI=1S/C22H18Br2N2O3/c1-29-19-10-4-5-14(13-19)20(25-21(27)15-6-2-8-17(23)11-15)26-22(28)16-7-3-9-18(24)12-16/h2-13,20H,1H3,(H,25,27)(H,26,28). The van der Waals surface area contributed by atoms with Crippen molar-refractivity contribution in [1.29, 1.82) is 0 Å².